The van der Waals surface area contributed by atoms with Crippen molar-refractivity contribution in [2.45, 2.75) is 52.0 Å². The van der Waals surface area contributed by atoms with Crippen molar-refractivity contribution >= 4 is 11.7 Å². The zero-order chi connectivity index (χ0) is 12.9. The summed E-state index contributed by atoms with van der Waals surface area (Å²) in [6, 6.07) is -0.324. The highest BCUT2D eigenvalue weighted by Gasteiger charge is 2.50. The van der Waals surface area contributed by atoms with E-state index in [2.05, 4.69) is 5.32 Å². The first-order chi connectivity index (χ1) is 8.54. The van der Waals surface area contributed by atoms with Crippen LogP contribution in [-0.4, -0.2) is 17.7 Å². The zero-order valence-corrected chi connectivity index (χ0v) is 11.3. The summed E-state index contributed by atoms with van der Waals surface area (Å²) in [6.07, 6.45) is 6.41. The minimum absolute atomic E-state index is 0.0483. The van der Waals surface area contributed by atoms with E-state index in [0.717, 1.165) is 11.8 Å². The highest BCUT2D eigenvalue weighted by Crippen LogP contribution is 2.56. The predicted molar refractivity (Wildman–Crippen MR) is 68.8 cm³/mol. The number of hydrogen-bond acceptors (Lipinski definition) is 2. The lowest BCUT2D eigenvalue weighted by Gasteiger charge is -2.53. The minimum atomic E-state index is -0.324. The molecule has 1 N–H and O–H groups in total. The molecular weight excluding hydrogens is 226 g/mol. The average molecular weight is 249 g/mol. The molecule has 0 aromatic heterocycles. The molecule has 0 spiro atoms. The molecule has 4 bridgehead atoms. The maximum absolute atomic E-state index is 12.4. The summed E-state index contributed by atoms with van der Waals surface area (Å²) >= 11 is 0. The van der Waals surface area contributed by atoms with Gasteiger partial charge in [-0.2, -0.15) is 0 Å². The Morgan fingerprint density at radius 1 is 1.00 bits per heavy atom. The Morgan fingerprint density at radius 2 is 1.50 bits per heavy atom. The molecule has 0 aliphatic heterocycles. The van der Waals surface area contributed by atoms with Crippen molar-refractivity contribution in [2.24, 2.45) is 29.6 Å². The number of carbonyl (C=O) groups is 2. The lowest BCUT2D eigenvalue weighted by molar-refractivity contribution is -0.140. The van der Waals surface area contributed by atoms with Crippen LogP contribution in [0.3, 0.4) is 0 Å². The van der Waals surface area contributed by atoms with E-state index in [0.29, 0.717) is 11.8 Å². The van der Waals surface area contributed by atoms with Gasteiger partial charge >= 0.3 is 0 Å². The molecule has 4 rings (SSSR count). The van der Waals surface area contributed by atoms with E-state index in [-0.39, 0.29) is 23.7 Å². The lowest BCUT2D eigenvalue weighted by atomic mass is 9.51. The molecule has 0 radical (unpaired) electrons. The molecule has 4 fully saturated rings. The molecule has 1 unspecified atom stereocenters. The fraction of sp³-hybridized carbons (Fsp3) is 0.867. The van der Waals surface area contributed by atoms with Crippen LogP contribution in [0.4, 0.5) is 0 Å². The highest BCUT2D eigenvalue weighted by atomic mass is 16.2. The average Bonchev–Trinajstić information content (AvgIpc) is 2.26. The summed E-state index contributed by atoms with van der Waals surface area (Å²) < 4.78 is 0. The maximum atomic E-state index is 12.4. The van der Waals surface area contributed by atoms with Gasteiger partial charge in [-0.3, -0.25) is 9.59 Å². The van der Waals surface area contributed by atoms with Crippen molar-refractivity contribution in [3.05, 3.63) is 0 Å². The van der Waals surface area contributed by atoms with E-state index >= 15 is 0 Å². The molecule has 0 heterocycles. The van der Waals surface area contributed by atoms with Crippen molar-refractivity contribution in [1.29, 1.82) is 0 Å². The molecule has 4 aliphatic carbocycles. The van der Waals surface area contributed by atoms with E-state index in [1.54, 1.807) is 13.8 Å². The van der Waals surface area contributed by atoms with Gasteiger partial charge in [-0.15, -0.1) is 0 Å². The number of hydrogen-bond donors (Lipinski definition) is 1. The molecule has 1 atom stereocenters. The molecule has 4 aliphatic rings. The third-order valence-electron chi connectivity index (χ3n) is 5.50. The van der Waals surface area contributed by atoms with Crippen LogP contribution in [-0.2, 0) is 9.59 Å². The lowest BCUT2D eigenvalue weighted by Crippen LogP contribution is -2.53. The number of amides is 1. The Kier molecular flexibility index (Phi) is 2.95. The summed E-state index contributed by atoms with van der Waals surface area (Å²) in [4.78, 5) is 23.6. The van der Waals surface area contributed by atoms with Crippen molar-refractivity contribution in [3.63, 3.8) is 0 Å². The second-order valence-corrected chi connectivity index (χ2v) is 6.80. The van der Waals surface area contributed by atoms with Gasteiger partial charge < -0.3 is 5.32 Å². The minimum Gasteiger partial charge on any atom is -0.346 e. The smallest absolute Gasteiger partial charge is 0.224 e. The number of carbonyl (C=O) groups excluding carboxylic acids is 2. The van der Waals surface area contributed by atoms with E-state index in [4.69, 9.17) is 0 Å². The third kappa shape index (κ3) is 1.98. The molecule has 0 aromatic rings. The molecule has 3 nitrogen and oxygen atoms in total. The number of rotatable bonds is 3. The van der Waals surface area contributed by atoms with E-state index in [9.17, 15) is 9.59 Å². The Hall–Kier alpha value is -0.860. The summed E-state index contributed by atoms with van der Waals surface area (Å²) in [5.74, 6) is 3.36. The van der Waals surface area contributed by atoms with Crippen LogP contribution in [0.25, 0.3) is 0 Å². The van der Waals surface area contributed by atoms with Gasteiger partial charge in [0.1, 0.15) is 0 Å². The van der Waals surface area contributed by atoms with Crippen molar-refractivity contribution in [3.8, 4) is 0 Å². The third-order valence-corrected chi connectivity index (χ3v) is 5.50. The van der Waals surface area contributed by atoms with Gasteiger partial charge in [-0.1, -0.05) is 0 Å². The first-order valence-corrected chi connectivity index (χ1v) is 7.35. The van der Waals surface area contributed by atoms with Gasteiger partial charge in [0.05, 0.1) is 6.04 Å². The first kappa shape index (κ1) is 12.2. The Labute approximate surface area is 109 Å². The van der Waals surface area contributed by atoms with Crippen LogP contribution >= 0.6 is 0 Å². The highest BCUT2D eigenvalue weighted by molar-refractivity contribution is 5.88. The predicted octanol–water partition coefficient (Wildman–Crippen LogP) is 2.15. The molecule has 3 heteroatoms. The van der Waals surface area contributed by atoms with Crippen molar-refractivity contribution in [1.82, 2.24) is 5.32 Å². The van der Waals surface area contributed by atoms with Crippen LogP contribution in [0, 0.1) is 29.6 Å². The number of Topliss-reactive ketones (excluding diaryl/α,β-unsaturated/α-hetero) is 1. The van der Waals surface area contributed by atoms with Crippen molar-refractivity contribution in [2.75, 3.05) is 0 Å². The van der Waals surface area contributed by atoms with Crippen LogP contribution in [0.2, 0.25) is 0 Å². The fourth-order valence-electron chi connectivity index (χ4n) is 4.76. The number of nitrogens with one attached hydrogen (secondary N) is 1. The molecule has 4 saturated carbocycles. The molecule has 100 valence electrons. The van der Waals surface area contributed by atoms with Gasteiger partial charge in [-0.05, 0) is 69.6 Å². The fourth-order valence-corrected chi connectivity index (χ4v) is 4.76. The van der Waals surface area contributed by atoms with Gasteiger partial charge in [-0.25, -0.2) is 0 Å². The van der Waals surface area contributed by atoms with E-state index in [1.165, 1.54) is 32.1 Å². The summed E-state index contributed by atoms with van der Waals surface area (Å²) in [7, 11) is 0. The summed E-state index contributed by atoms with van der Waals surface area (Å²) in [6.45, 7) is 3.33. The largest absolute Gasteiger partial charge is 0.346 e. The first-order valence-electron chi connectivity index (χ1n) is 7.35. The molecular formula is C15H23NO2. The molecule has 0 aromatic carbocycles. The van der Waals surface area contributed by atoms with Crippen molar-refractivity contribution < 1.29 is 9.59 Å². The van der Waals surface area contributed by atoms with Gasteiger partial charge in [0.2, 0.25) is 5.91 Å². The van der Waals surface area contributed by atoms with Crippen LogP contribution in [0.5, 0.6) is 0 Å². The second kappa shape index (κ2) is 4.36. The summed E-state index contributed by atoms with van der Waals surface area (Å²) in [5.41, 5.74) is 0. The van der Waals surface area contributed by atoms with Gasteiger partial charge in [0.15, 0.2) is 5.78 Å². The zero-order valence-electron chi connectivity index (χ0n) is 11.3. The normalized spacial score (nSPS) is 42.7. The summed E-state index contributed by atoms with van der Waals surface area (Å²) in [5, 5.41) is 2.92. The Bertz CT molecular complexity index is 349. The monoisotopic (exact) mass is 249 g/mol. The molecule has 0 saturated heterocycles. The van der Waals surface area contributed by atoms with Crippen LogP contribution < -0.4 is 5.32 Å². The standard InChI is InChI=1S/C15H23NO2/c1-8(9(2)17)16-15(18)14-12-4-10-3-11(6-12)7-13(14)5-10/h8,10-14H,3-7H2,1-2H3,(H,16,18). The van der Waals surface area contributed by atoms with E-state index in [1.807, 2.05) is 0 Å². The van der Waals surface area contributed by atoms with Crippen LogP contribution in [0.1, 0.15) is 46.0 Å². The topological polar surface area (TPSA) is 46.2 Å². The second-order valence-electron chi connectivity index (χ2n) is 6.80. The maximum Gasteiger partial charge on any atom is 0.224 e. The van der Waals surface area contributed by atoms with Gasteiger partial charge in [0, 0.05) is 5.92 Å². The molecule has 18 heavy (non-hydrogen) atoms. The van der Waals surface area contributed by atoms with E-state index < -0.39 is 0 Å². The van der Waals surface area contributed by atoms with Gasteiger partial charge in [0.25, 0.3) is 0 Å². The number of ketones is 1. The quantitative estimate of drug-likeness (QED) is 0.833. The SMILES string of the molecule is CC(=O)C(C)NC(=O)C1C2CC3CC(C2)CC1C3. The molecule has 1 amide bonds. The van der Waals surface area contributed by atoms with Crippen LogP contribution in [0.15, 0.2) is 0 Å². The Balaban J connectivity index is 1.69. The Morgan fingerprint density at radius 3 is 1.94 bits per heavy atom.